The van der Waals surface area contributed by atoms with E-state index in [2.05, 4.69) is 5.32 Å². The second kappa shape index (κ2) is 5.89. The van der Waals surface area contributed by atoms with Gasteiger partial charge in [-0.2, -0.15) is 0 Å². The predicted octanol–water partition coefficient (Wildman–Crippen LogP) is 2.28. The molecule has 1 saturated heterocycles. The van der Waals surface area contributed by atoms with Crippen LogP contribution in [0.5, 0.6) is 5.75 Å². The molecule has 112 valence electrons. The lowest BCUT2D eigenvalue weighted by atomic mass is 10.1. The Labute approximate surface area is 128 Å². The van der Waals surface area contributed by atoms with E-state index in [0.29, 0.717) is 12.3 Å². The summed E-state index contributed by atoms with van der Waals surface area (Å²) in [6, 6.07) is 16.8. The van der Waals surface area contributed by atoms with Crippen LogP contribution in [0.4, 0.5) is 4.79 Å². The number of nitrogens with zero attached hydrogens (tertiary/aromatic N) is 1. The molecular formula is C17H16N2O3. The Bertz CT molecular complexity index is 683. The van der Waals surface area contributed by atoms with E-state index in [0.717, 1.165) is 11.1 Å². The van der Waals surface area contributed by atoms with Crippen molar-refractivity contribution in [2.45, 2.75) is 6.04 Å². The first-order valence-corrected chi connectivity index (χ1v) is 7.03. The first-order valence-electron chi connectivity index (χ1n) is 7.03. The van der Waals surface area contributed by atoms with Gasteiger partial charge in [-0.25, -0.2) is 4.79 Å². The quantitative estimate of drug-likeness (QED) is 0.884. The van der Waals surface area contributed by atoms with Gasteiger partial charge in [0.1, 0.15) is 11.8 Å². The normalized spacial score (nSPS) is 16.4. The number of amides is 2. The van der Waals surface area contributed by atoms with Gasteiger partial charge in [0.15, 0.2) is 0 Å². The van der Waals surface area contributed by atoms with Gasteiger partial charge in [0.25, 0.3) is 0 Å². The lowest BCUT2D eigenvalue weighted by Gasteiger charge is -2.33. The van der Waals surface area contributed by atoms with Crippen molar-refractivity contribution in [1.29, 1.82) is 0 Å². The maximum Gasteiger partial charge on any atom is 0.415 e. The molecule has 5 nitrogen and oxygen atoms in total. The summed E-state index contributed by atoms with van der Waals surface area (Å²) in [5, 5.41) is 2.60. The summed E-state index contributed by atoms with van der Waals surface area (Å²) in [7, 11) is 1.56. The van der Waals surface area contributed by atoms with E-state index in [4.69, 9.17) is 4.74 Å². The molecule has 0 aromatic heterocycles. The minimum absolute atomic E-state index is 0.154. The third-order valence-corrected chi connectivity index (χ3v) is 3.69. The Balaban J connectivity index is 1.66. The van der Waals surface area contributed by atoms with E-state index in [1.807, 2.05) is 42.5 Å². The fraction of sp³-hybridized carbons (Fsp3) is 0.176. The Morgan fingerprint density at radius 3 is 2.27 bits per heavy atom. The van der Waals surface area contributed by atoms with Crippen molar-refractivity contribution in [2.24, 2.45) is 0 Å². The molecule has 5 heteroatoms. The monoisotopic (exact) mass is 296 g/mol. The van der Waals surface area contributed by atoms with E-state index < -0.39 is 12.1 Å². The highest BCUT2D eigenvalue weighted by Crippen LogP contribution is 2.22. The van der Waals surface area contributed by atoms with Crippen LogP contribution in [0.15, 0.2) is 54.6 Å². The Hall–Kier alpha value is -2.82. The zero-order chi connectivity index (χ0) is 15.5. The van der Waals surface area contributed by atoms with Crippen molar-refractivity contribution in [3.8, 4) is 16.9 Å². The van der Waals surface area contributed by atoms with Crippen molar-refractivity contribution >= 4 is 12.0 Å². The highest BCUT2D eigenvalue weighted by atomic mass is 16.6. The molecule has 1 aliphatic heterocycles. The summed E-state index contributed by atoms with van der Waals surface area (Å²) >= 11 is 0. The zero-order valence-corrected chi connectivity index (χ0v) is 12.2. The number of benzene rings is 2. The molecule has 0 saturated carbocycles. The lowest BCUT2D eigenvalue weighted by molar-refractivity contribution is -0.131. The molecule has 2 aromatic rings. The molecule has 3 rings (SSSR count). The van der Waals surface area contributed by atoms with Crippen molar-refractivity contribution in [1.82, 2.24) is 10.2 Å². The molecule has 1 aliphatic rings. The van der Waals surface area contributed by atoms with Gasteiger partial charge in [-0.1, -0.05) is 42.5 Å². The van der Waals surface area contributed by atoms with E-state index in [9.17, 15) is 9.59 Å². The average molecular weight is 296 g/mol. The first kappa shape index (κ1) is 14.1. The zero-order valence-electron chi connectivity index (χ0n) is 12.2. The number of hydrogen-bond acceptors (Lipinski definition) is 3. The van der Waals surface area contributed by atoms with Gasteiger partial charge in [0.05, 0.1) is 0 Å². The van der Waals surface area contributed by atoms with Crippen LogP contribution < -0.4 is 10.1 Å². The average Bonchev–Trinajstić information content (AvgIpc) is 2.55. The molecule has 0 unspecified atom stereocenters. The molecule has 0 spiro atoms. The van der Waals surface area contributed by atoms with E-state index in [1.54, 1.807) is 19.2 Å². The molecule has 1 N–H and O–H groups in total. The molecule has 0 aliphatic carbocycles. The standard InChI is InChI=1S/C17H16N2O3/c1-19(15-11-18-16(15)20)17(21)22-14-9-7-13(8-10-14)12-5-3-2-4-6-12/h2-10,15H,11H2,1H3,(H,18,20)/t15-/m0/s1. The molecular weight excluding hydrogens is 280 g/mol. The largest absolute Gasteiger partial charge is 0.415 e. The number of β-lactam (4-membered cyclic amide) rings is 1. The van der Waals surface area contributed by atoms with Crippen LogP contribution in [0.3, 0.4) is 0 Å². The van der Waals surface area contributed by atoms with Gasteiger partial charge < -0.3 is 10.1 Å². The third kappa shape index (κ3) is 2.79. The molecule has 1 heterocycles. The second-order valence-corrected chi connectivity index (χ2v) is 5.13. The van der Waals surface area contributed by atoms with Crippen molar-refractivity contribution in [3.05, 3.63) is 54.6 Å². The number of hydrogen-bond donors (Lipinski definition) is 1. The highest BCUT2D eigenvalue weighted by Gasteiger charge is 2.35. The van der Waals surface area contributed by atoms with Crippen molar-refractivity contribution in [2.75, 3.05) is 13.6 Å². The summed E-state index contributed by atoms with van der Waals surface area (Å²) < 4.78 is 5.28. The Morgan fingerprint density at radius 1 is 1.09 bits per heavy atom. The van der Waals surface area contributed by atoms with Gasteiger partial charge in [0, 0.05) is 13.6 Å². The van der Waals surface area contributed by atoms with Crippen LogP contribution in [-0.2, 0) is 4.79 Å². The van der Waals surface area contributed by atoms with E-state index >= 15 is 0 Å². The fourth-order valence-corrected chi connectivity index (χ4v) is 2.24. The molecule has 1 atom stereocenters. The van der Waals surface area contributed by atoms with Crippen LogP contribution in [0, 0.1) is 0 Å². The van der Waals surface area contributed by atoms with Crippen LogP contribution in [-0.4, -0.2) is 36.5 Å². The minimum atomic E-state index is -0.535. The molecule has 1 fully saturated rings. The van der Waals surface area contributed by atoms with Crippen LogP contribution >= 0.6 is 0 Å². The maximum atomic E-state index is 12.0. The number of ether oxygens (including phenoxy) is 1. The van der Waals surface area contributed by atoms with Gasteiger partial charge in [0.2, 0.25) is 5.91 Å². The summed E-state index contributed by atoms with van der Waals surface area (Å²) in [5.41, 5.74) is 2.15. The lowest BCUT2D eigenvalue weighted by Crippen LogP contribution is -2.62. The summed E-state index contributed by atoms with van der Waals surface area (Å²) in [5.74, 6) is 0.301. The third-order valence-electron chi connectivity index (χ3n) is 3.69. The number of rotatable bonds is 3. The summed E-state index contributed by atoms with van der Waals surface area (Å²) in [6.45, 7) is 0.470. The SMILES string of the molecule is CN(C(=O)Oc1ccc(-c2ccccc2)cc1)[C@H]1CNC1=O. The highest BCUT2D eigenvalue weighted by molar-refractivity contribution is 5.91. The molecule has 2 amide bonds. The van der Waals surface area contributed by atoms with Gasteiger partial charge in [-0.15, -0.1) is 0 Å². The Kier molecular flexibility index (Phi) is 3.78. The first-order chi connectivity index (χ1) is 10.6. The number of carbonyl (C=O) groups excluding carboxylic acids is 2. The summed E-state index contributed by atoms with van der Waals surface area (Å²) in [6.07, 6.45) is -0.535. The number of likely N-dealkylation sites (N-methyl/N-ethyl adjacent to an activating group) is 1. The minimum Gasteiger partial charge on any atom is -0.410 e. The van der Waals surface area contributed by atoms with Gasteiger partial charge in [-0.3, -0.25) is 9.69 Å². The number of nitrogens with one attached hydrogen (secondary N) is 1. The van der Waals surface area contributed by atoms with E-state index in [1.165, 1.54) is 4.90 Å². The van der Waals surface area contributed by atoms with E-state index in [-0.39, 0.29) is 5.91 Å². The maximum absolute atomic E-state index is 12.0. The molecule has 2 aromatic carbocycles. The fourth-order valence-electron chi connectivity index (χ4n) is 2.24. The molecule has 0 radical (unpaired) electrons. The number of carbonyl (C=O) groups is 2. The Morgan fingerprint density at radius 2 is 1.73 bits per heavy atom. The smallest absolute Gasteiger partial charge is 0.410 e. The van der Waals surface area contributed by atoms with Crippen molar-refractivity contribution in [3.63, 3.8) is 0 Å². The van der Waals surface area contributed by atoms with Crippen LogP contribution in [0.25, 0.3) is 11.1 Å². The van der Waals surface area contributed by atoms with Crippen LogP contribution in [0.2, 0.25) is 0 Å². The van der Waals surface area contributed by atoms with Gasteiger partial charge >= 0.3 is 6.09 Å². The molecule has 0 bridgehead atoms. The summed E-state index contributed by atoms with van der Waals surface area (Å²) in [4.78, 5) is 24.6. The predicted molar refractivity (Wildman–Crippen MR) is 82.5 cm³/mol. The molecule has 22 heavy (non-hydrogen) atoms. The van der Waals surface area contributed by atoms with Gasteiger partial charge in [-0.05, 0) is 23.3 Å². The van der Waals surface area contributed by atoms with Crippen LogP contribution in [0.1, 0.15) is 0 Å². The second-order valence-electron chi connectivity index (χ2n) is 5.13. The van der Waals surface area contributed by atoms with Crippen molar-refractivity contribution < 1.29 is 14.3 Å². The topological polar surface area (TPSA) is 58.6 Å².